The molecule has 5 nitrogen and oxygen atoms in total. The Morgan fingerprint density at radius 3 is 2.35 bits per heavy atom. The molecule has 31 heavy (non-hydrogen) atoms. The maximum Gasteiger partial charge on any atom is 0.261 e. The van der Waals surface area contributed by atoms with Crippen LogP contribution in [0.15, 0.2) is 53.0 Å². The van der Waals surface area contributed by atoms with Crippen molar-refractivity contribution < 1.29 is 14.3 Å². The minimum Gasteiger partial charge on any atom is -0.484 e. The first kappa shape index (κ1) is 23.3. The van der Waals surface area contributed by atoms with Gasteiger partial charge >= 0.3 is 0 Å². The van der Waals surface area contributed by atoms with Crippen LogP contribution in [0.25, 0.3) is 0 Å². The fourth-order valence-corrected chi connectivity index (χ4v) is 4.20. The Balaban J connectivity index is 1.74. The molecule has 0 unspecified atom stereocenters. The summed E-state index contributed by atoms with van der Waals surface area (Å²) in [5, 5.41) is 3.16. The summed E-state index contributed by atoms with van der Waals surface area (Å²) >= 11 is 3.40. The average Bonchev–Trinajstić information content (AvgIpc) is 3.27. The number of carbonyl (C=O) groups is 2. The van der Waals surface area contributed by atoms with Gasteiger partial charge < -0.3 is 15.0 Å². The third-order valence-corrected chi connectivity index (χ3v) is 6.27. The number of benzene rings is 2. The van der Waals surface area contributed by atoms with Crippen LogP contribution in [0.4, 0.5) is 0 Å². The molecule has 0 bridgehead atoms. The second-order valence-electron chi connectivity index (χ2n) is 8.16. The Hall–Kier alpha value is -2.34. The van der Waals surface area contributed by atoms with E-state index in [9.17, 15) is 9.59 Å². The van der Waals surface area contributed by atoms with Gasteiger partial charge in [0.15, 0.2) is 6.61 Å². The number of amides is 2. The van der Waals surface area contributed by atoms with E-state index in [0.717, 1.165) is 41.3 Å². The Morgan fingerprint density at radius 2 is 1.74 bits per heavy atom. The van der Waals surface area contributed by atoms with E-state index in [0.29, 0.717) is 18.7 Å². The first-order valence-electron chi connectivity index (χ1n) is 11.0. The number of rotatable bonds is 9. The topological polar surface area (TPSA) is 58.6 Å². The summed E-state index contributed by atoms with van der Waals surface area (Å²) in [6.07, 6.45) is 4.87. The molecular weight excluding hydrogens is 456 g/mol. The van der Waals surface area contributed by atoms with Gasteiger partial charge in [-0.3, -0.25) is 9.59 Å². The summed E-state index contributed by atoms with van der Waals surface area (Å²) < 4.78 is 6.67. The predicted octanol–water partition coefficient (Wildman–Crippen LogP) is 5.00. The third-order valence-electron chi connectivity index (χ3n) is 5.74. The summed E-state index contributed by atoms with van der Waals surface area (Å²) in [5.74, 6) is 0.353. The van der Waals surface area contributed by atoms with Crippen LogP contribution in [0, 0.1) is 6.92 Å². The van der Waals surface area contributed by atoms with Gasteiger partial charge in [0.2, 0.25) is 5.91 Å². The molecule has 1 N–H and O–H groups in total. The molecule has 2 aromatic carbocycles. The van der Waals surface area contributed by atoms with Crippen molar-refractivity contribution in [3.8, 4) is 5.75 Å². The lowest BCUT2D eigenvalue weighted by Gasteiger charge is -2.31. The molecule has 0 aromatic heterocycles. The van der Waals surface area contributed by atoms with Crippen LogP contribution in [0.2, 0.25) is 0 Å². The normalized spacial score (nSPS) is 14.8. The number of hydrogen-bond donors (Lipinski definition) is 1. The van der Waals surface area contributed by atoms with Gasteiger partial charge in [0.1, 0.15) is 11.8 Å². The quantitative estimate of drug-likeness (QED) is 0.542. The second-order valence-corrected chi connectivity index (χ2v) is 9.08. The summed E-state index contributed by atoms with van der Waals surface area (Å²) in [6.45, 7) is 4.24. The number of halogens is 1. The van der Waals surface area contributed by atoms with Gasteiger partial charge in [0.05, 0.1) is 0 Å². The zero-order valence-corrected chi connectivity index (χ0v) is 19.9. The van der Waals surface area contributed by atoms with Crippen molar-refractivity contribution in [3.05, 3.63) is 64.1 Å². The van der Waals surface area contributed by atoms with Crippen molar-refractivity contribution in [2.45, 2.75) is 64.6 Å². The maximum atomic E-state index is 13.2. The molecule has 0 aliphatic heterocycles. The highest BCUT2D eigenvalue weighted by atomic mass is 79.9. The van der Waals surface area contributed by atoms with Crippen LogP contribution < -0.4 is 10.1 Å². The third kappa shape index (κ3) is 6.82. The smallest absolute Gasteiger partial charge is 0.261 e. The Bertz CT molecular complexity index is 861. The fraction of sp³-hybridized carbons (Fsp3) is 0.440. The van der Waals surface area contributed by atoms with Crippen LogP contribution in [-0.4, -0.2) is 35.4 Å². The molecule has 1 aliphatic rings. The largest absolute Gasteiger partial charge is 0.484 e. The zero-order valence-electron chi connectivity index (χ0n) is 18.3. The Kier molecular flexibility index (Phi) is 8.52. The standard InChI is InChI=1S/C25H31BrN2O3/c1-3-23(25(30)27-21-6-4-5-7-21)28(16-19-10-8-18(2)9-11-19)24(29)17-31-22-14-12-20(26)13-15-22/h8-15,21,23H,3-7,16-17H2,1-2H3,(H,27,30)/t23-/m1/s1. The molecule has 6 heteroatoms. The van der Waals surface area contributed by atoms with Crippen molar-refractivity contribution in [2.24, 2.45) is 0 Å². The number of carbonyl (C=O) groups excluding carboxylic acids is 2. The highest BCUT2D eigenvalue weighted by Gasteiger charge is 2.30. The second kappa shape index (κ2) is 11.3. The molecule has 0 saturated heterocycles. The van der Waals surface area contributed by atoms with E-state index in [4.69, 9.17) is 4.74 Å². The SMILES string of the molecule is CC[C@H](C(=O)NC1CCCC1)N(Cc1ccc(C)cc1)C(=O)COc1ccc(Br)cc1. The highest BCUT2D eigenvalue weighted by Crippen LogP contribution is 2.20. The van der Waals surface area contributed by atoms with Crippen LogP contribution in [0.3, 0.4) is 0 Å². The van der Waals surface area contributed by atoms with Crippen molar-refractivity contribution >= 4 is 27.7 Å². The molecule has 3 rings (SSSR count). The molecule has 0 radical (unpaired) electrons. The first-order valence-corrected chi connectivity index (χ1v) is 11.8. The van der Waals surface area contributed by atoms with Gasteiger partial charge in [0.25, 0.3) is 5.91 Å². The molecule has 1 fully saturated rings. The van der Waals surface area contributed by atoms with E-state index in [1.54, 1.807) is 4.90 Å². The molecule has 2 amide bonds. The summed E-state index contributed by atoms with van der Waals surface area (Å²) in [6, 6.07) is 15.1. The number of nitrogens with zero attached hydrogens (tertiary/aromatic N) is 1. The van der Waals surface area contributed by atoms with E-state index in [2.05, 4.69) is 21.2 Å². The van der Waals surface area contributed by atoms with E-state index in [-0.39, 0.29) is 24.5 Å². The van der Waals surface area contributed by atoms with Gasteiger partial charge in [-0.05, 0) is 56.0 Å². The van der Waals surface area contributed by atoms with E-state index >= 15 is 0 Å². The van der Waals surface area contributed by atoms with Crippen LogP contribution in [-0.2, 0) is 16.1 Å². The van der Waals surface area contributed by atoms with Gasteiger partial charge in [-0.15, -0.1) is 0 Å². The Morgan fingerprint density at radius 1 is 1.10 bits per heavy atom. The maximum absolute atomic E-state index is 13.2. The lowest BCUT2D eigenvalue weighted by Crippen LogP contribution is -2.52. The summed E-state index contributed by atoms with van der Waals surface area (Å²) in [5.41, 5.74) is 2.15. The van der Waals surface area contributed by atoms with Gasteiger partial charge in [-0.25, -0.2) is 0 Å². The van der Waals surface area contributed by atoms with Crippen LogP contribution in [0.1, 0.15) is 50.2 Å². The lowest BCUT2D eigenvalue weighted by atomic mass is 10.1. The minimum atomic E-state index is -0.525. The van der Waals surface area contributed by atoms with Gasteiger partial charge in [0, 0.05) is 17.1 Å². The predicted molar refractivity (Wildman–Crippen MR) is 126 cm³/mol. The van der Waals surface area contributed by atoms with E-state index in [1.165, 1.54) is 0 Å². The average molecular weight is 487 g/mol. The van der Waals surface area contributed by atoms with E-state index < -0.39 is 6.04 Å². The number of nitrogens with one attached hydrogen (secondary N) is 1. The summed E-state index contributed by atoms with van der Waals surface area (Å²) in [4.78, 5) is 28.0. The number of ether oxygens (including phenoxy) is 1. The molecule has 1 saturated carbocycles. The monoisotopic (exact) mass is 486 g/mol. The van der Waals surface area contributed by atoms with E-state index in [1.807, 2.05) is 62.4 Å². The van der Waals surface area contributed by atoms with Gasteiger partial charge in [-0.2, -0.15) is 0 Å². The molecular formula is C25H31BrN2O3. The first-order chi connectivity index (χ1) is 15.0. The van der Waals surface area contributed by atoms with Gasteiger partial charge in [-0.1, -0.05) is 65.5 Å². The molecule has 166 valence electrons. The molecule has 2 aromatic rings. The Labute approximate surface area is 193 Å². The molecule has 0 heterocycles. The summed E-state index contributed by atoms with van der Waals surface area (Å²) in [7, 11) is 0. The number of aryl methyl sites for hydroxylation is 1. The number of hydrogen-bond acceptors (Lipinski definition) is 3. The molecule has 0 spiro atoms. The zero-order chi connectivity index (χ0) is 22.2. The highest BCUT2D eigenvalue weighted by molar-refractivity contribution is 9.10. The van der Waals surface area contributed by atoms with Crippen molar-refractivity contribution in [1.29, 1.82) is 0 Å². The minimum absolute atomic E-state index is 0.0708. The van der Waals surface area contributed by atoms with Crippen LogP contribution >= 0.6 is 15.9 Å². The molecule has 1 aliphatic carbocycles. The molecule has 1 atom stereocenters. The van der Waals surface area contributed by atoms with Crippen molar-refractivity contribution in [3.63, 3.8) is 0 Å². The fourth-order valence-electron chi connectivity index (χ4n) is 3.94. The van der Waals surface area contributed by atoms with Crippen molar-refractivity contribution in [1.82, 2.24) is 10.2 Å². The lowest BCUT2D eigenvalue weighted by molar-refractivity contribution is -0.143. The van der Waals surface area contributed by atoms with Crippen molar-refractivity contribution in [2.75, 3.05) is 6.61 Å². The van der Waals surface area contributed by atoms with Crippen LogP contribution in [0.5, 0.6) is 5.75 Å².